The number of anilines is 2. The lowest BCUT2D eigenvalue weighted by Gasteiger charge is -2.44. The highest BCUT2D eigenvalue weighted by Crippen LogP contribution is 2.33. The minimum Gasteiger partial charge on any atom is -0.497 e. The van der Waals surface area contributed by atoms with Gasteiger partial charge in [-0.15, -0.1) is 0 Å². The van der Waals surface area contributed by atoms with E-state index in [0.717, 1.165) is 0 Å². The summed E-state index contributed by atoms with van der Waals surface area (Å²) in [7, 11) is 5.19. The van der Waals surface area contributed by atoms with Crippen LogP contribution in [0.25, 0.3) is 10.9 Å². The van der Waals surface area contributed by atoms with Gasteiger partial charge >= 0.3 is 23.9 Å². The number of aromatic nitrogens is 2. The Bertz CT molecular complexity index is 2400. The van der Waals surface area contributed by atoms with Crippen LogP contribution >= 0.6 is 0 Å². The van der Waals surface area contributed by atoms with Crippen LogP contribution in [0.15, 0.2) is 140 Å². The first-order chi connectivity index (χ1) is 28.7. The van der Waals surface area contributed by atoms with E-state index in [-0.39, 0.29) is 28.2 Å². The summed E-state index contributed by atoms with van der Waals surface area (Å²) >= 11 is 0. The maximum atomic E-state index is 14.0. The smallest absolute Gasteiger partial charge is 0.338 e. The van der Waals surface area contributed by atoms with Crippen LogP contribution in [-0.4, -0.2) is 92.3 Å². The van der Waals surface area contributed by atoms with Crippen LogP contribution in [0.4, 0.5) is 11.8 Å². The van der Waals surface area contributed by atoms with Gasteiger partial charge in [-0.25, -0.2) is 24.2 Å². The molecule has 5 aromatic carbocycles. The minimum absolute atomic E-state index is 0.0463. The highest BCUT2D eigenvalue weighted by Gasteiger charge is 2.53. The van der Waals surface area contributed by atoms with Crippen LogP contribution in [-0.2, 0) is 23.7 Å². The van der Waals surface area contributed by atoms with Crippen molar-refractivity contribution < 1.29 is 47.6 Å². The van der Waals surface area contributed by atoms with E-state index in [2.05, 4.69) is 5.32 Å². The normalized spacial score (nSPS) is 18.5. The van der Waals surface area contributed by atoms with Crippen LogP contribution in [0.1, 0.15) is 41.4 Å². The van der Waals surface area contributed by atoms with Gasteiger partial charge in [0.05, 0.1) is 34.9 Å². The summed E-state index contributed by atoms with van der Waals surface area (Å²) in [6.45, 7) is -0.487. The minimum atomic E-state index is -1.56. The van der Waals surface area contributed by atoms with Gasteiger partial charge in [0.15, 0.2) is 24.5 Å². The van der Waals surface area contributed by atoms with Crippen molar-refractivity contribution in [3.8, 4) is 5.75 Å². The van der Waals surface area contributed by atoms with Gasteiger partial charge in [-0.05, 0) is 66.7 Å². The molecule has 6 aromatic rings. The van der Waals surface area contributed by atoms with E-state index >= 15 is 0 Å². The van der Waals surface area contributed by atoms with E-state index in [4.69, 9.17) is 38.4 Å². The second-order valence-electron chi connectivity index (χ2n) is 13.6. The van der Waals surface area contributed by atoms with Crippen molar-refractivity contribution in [3.63, 3.8) is 0 Å². The summed E-state index contributed by atoms with van der Waals surface area (Å²) in [5, 5.41) is 3.83. The van der Waals surface area contributed by atoms with Crippen LogP contribution in [0.2, 0.25) is 0 Å². The molecule has 0 spiro atoms. The first-order valence-electron chi connectivity index (χ1n) is 18.6. The van der Waals surface area contributed by atoms with Gasteiger partial charge in [-0.1, -0.05) is 72.8 Å². The Balaban J connectivity index is 1.34. The maximum Gasteiger partial charge on any atom is 0.338 e. The molecule has 14 nitrogen and oxygen atoms in total. The number of rotatable bonds is 13. The summed E-state index contributed by atoms with van der Waals surface area (Å²) in [6.07, 6.45) is -7.30. The van der Waals surface area contributed by atoms with Gasteiger partial charge < -0.3 is 38.6 Å². The number of methoxy groups -OCH3 is 1. The first kappa shape index (κ1) is 39.9. The van der Waals surface area contributed by atoms with Crippen LogP contribution in [0.5, 0.6) is 5.75 Å². The van der Waals surface area contributed by atoms with Crippen molar-refractivity contribution in [3.05, 3.63) is 162 Å². The number of nitrogens with zero attached hydrogens (tertiary/aromatic N) is 3. The number of hydrogen-bond acceptors (Lipinski definition) is 14. The molecule has 0 saturated carbocycles. The molecule has 0 amide bonds. The van der Waals surface area contributed by atoms with Crippen LogP contribution < -0.4 is 15.0 Å². The monoisotopic (exact) mass is 796 g/mol. The van der Waals surface area contributed by atoms with E-state index in [9.17, 15) is 19.2 Å². The van der Waals surface area contributed by atoms with E-state index in [1.54, 1.807) is 152 Å². The quantitative estimate of drug-likeness (QED) is 0.101. The summed E-state index contributed by atoms with van der Waals surface area (Å²) in [5.41, 5.74) is 1.32. The Kier molecular flexibility index (Phi) is 12.4. The third-order valence-electron chi connectivity index (χ3n) is 9.36. The number of carbonyl (C=O) groups is 4. The number of benzene rings is 5. The average Bonchev–Trinajstić information content (AvgIpc) is 3.28. The zero-order chi connectivity index (χ0) is 41.3. The van der Waals surface area contributed by atoms with E-state index in [1.807, 2.05) is 14.1 Å². The van der Waals surface area contributed by atoms with Crippen molar-refractivity contribution in [1.82, 2.24) is 9.97 Å². The second-order valence-corrected chi connectivity index (χ2v) is 13.6. The molecule has 300 valence electrons. The highest BCUT2D eigenvalue weighted by molar-refractivity contribution is 5.93. The Morgan fingerprint density at radius 2 is 1.08 bits per heavy atom. The second kappa shape index (κ2) is 18.3. The zero-order valence-electron chi connectivity index (χ0n) is 32.3. The topological polar surface area (TPSA) is 165 Å². The van der Waals surface area contributed by atoms with Crippen molar-refractivity contribution >= 4 is 46.5 Å². The van der Waals surface area contributed by atoms with Crippen molar-refractivity contribution in [1.29, 1.82) is 0 Å². The zero-order valence-corrected chi connectivity index (χ0v) is 32.3. The molecule has 14 heteroatoms. The largest absolute Gasteiger partial charge is 0.497 e. The number of nitrogens with one attached hydrogen (secondary N) is 1. The Labute approximate surface area is 339 Å². The predicted octanol–water partition coefficient (Wildman–Crippen LogP) is 6.38. The van der Waals surface area contributed by atoms with Crippen molar-refractivity contribution in [2.75, 3.05) is 38.0 Å². The molecule has 2 heterocycles. The Hall–Kier alpha value is -7.32. The van der Waals surface area contributed by atoms with E-state index < -0.39 is 61.1 Å². The lowest BCUT2D eigenvalue weighted by atomic mass is 9.96. The molecule has 1 fully saturated rings. The van der Waals surface area contributed by atoms with Gasteiger partial charge in [-0.2, -0.15) is 4.98 Å². The van der Waals surface area contributed by atoms with Gasteiger partial charge in [0.25, 0.3) is 0 Å². The molecule has 7 rings (SSSR count). The third kappa shape index (κ3) is 9.46. The molecule has 5 atom stereocenters. The Morgan fingerprint density at radius 3 is 1.58 bits per heavy atom. The van der Waals surface area contributed by atoms with Crippen LogP contribution in [0.3, 0.4) is 0 Å². The average molecular weight is 797 g/mol. The van der Waals surface area contributed by atoms with Crippen molar-refractivity contribution in [2.45, 2.75) is 30.6 Å². The molecule has 0 unspecified atom stereocenters. The number of esters is 4. The fraction of sp³-hybridized carbons (Fsp3) is 0.200. The molecule has 59 heavy (non-hydrogen) atoms. The summed E-state index contributed by atoms with van der Waals surface area (Å²) < 4.78 is 36.3. The fourth-order valence-corrected chi connectivity index (χ4v) is 6.43. The van der Waals surface area contributed by atoms with E-state index in [1.165, 1.54) is 0 Å². The standard InChI is InChI=1S/C45H40N4O10/c1-49(2)39-33-26-32(54-3)24-25-34(33)46-45(47-39)48-40-38(59-44(53)31-22-14-7-15-23-31)37(58-43(52)30-20-12-6-13-21-30)36(57-42(51)29-18-10-5-11-19-29)35(56-40)27-55-41(50)28-16-8-4-9-17-28/h4-26,35-38,40H,27H2,1-3H3,(H,46,47,48)/t35-,36+,37+,38-,40-/m1/s1. The van der Waals surface area contributed by atoms with Gasteiger partial charge in [0, 0.05) is 19.5 Å². The molecule has 0 radical (unpaired) electrons. The van der Waals surface area contributed by atoms with Crippen molar-refractivity contribution in [2.24, 2.45) is 0 Å². The summed E-state index contributed by atoms with van der Waals surface area (Å²) in [4.78, 5) is 66.3. The van der Waals surface area contributed by atoms with Gasteiger partial charge in [-0.3, -0.25) is 0 Å². The fourth-order valence-electron chi connectivity index (χ4n) is 6.43. The summed E-state index contributed by atoms with van der Waals surface area (Å²) in [5.74, 6) is -1.95. The number of hydrogen-bond donors (Lipinski definition) is 1. The summed E-state index contributed by atoms with van der Waals surface area (Å²) in [6, 6.07) is 38.1. The molecule has 1 aliphatic rings. The highest BCUT2D eigenvalue weighted by atomic mass is 16.7. The number of fused-ring (bicyclic) bond motifs is 1. The molecule has 1 aromatic heterocycles. The predicted molar refractivity (Wildman–Crippen MR) is 216 cm³/mol. The lowest BCUT2D eigenvalue weighted by molar-refractivity contribution is -0.222. The lowest BCUT2D eigenvalue weighted by Crippen LogP contribution is -2.64. The molecule has 1 aliphatic heterocycles. The maximum absolute atomic E-state index is 14.0. The molecule has 1 N–H and O–H groups in total. The number of carbonyl (C=O) groups excluding carboxylic acids is 4. The van der Waals surface area contributed by atoms with Gasteiger partial charge in [0.1, 0.15) is 24.3 Å². The number of ether oxygens (including phenoxy) is 6. The molecule has 0 aliphatic carbocycles. The Morgan fingerprint density at radius 1 is 0.610 bits per heavy atom. The van der Waals surface area contributed by atoms with E-state index in [0.29, 0.717) is 22.5 Å². The third-order valence-corrected chi connectivity index (χ3v) is 9.36. The van der Waals surface area contributed by atoms with Gasteiger partial charge in [0.2, 0.25) is 5.95 Å². The molecule has 1 saturated heterocycles. The molecular formula is C45H40N4O10. The molecule has 0 bridgehead atoms. The van der Waals surface area contributed by atoms with Crippen LogP contribution in [0, 0.1) is 0 Å². The SMILES string of the molecule is COc1ccc2nc(N[C@@H]3O[C@H](COC(=O)c4ccccc4)[C@H](OC(=O)c4ccccc4)[C@H](OC(=O)c4ccccc4)[C@H]3OC(=O)c3ccccc3)nc(N(C)C)c2c1. The molecular weight excluding hydrogens is 757 g/mol. The first-order valence-corrected chi connectivity index (χ1v) is 18.6.